The minimum Gasteiger partial charge on any atom is -0.379 e. The van der Waals surface area contributed by atoms with E-state index in [-0.39, 0.29) is 17.9 Å². The van der Waals surface area contributed by atoms with Crippen LogP contribution in [0.15, 0.2) is 29.4 Å². The lowest BCUT2D eigenvalue weighted by molar-refractivity contribution is 0.179. The van der Waals surface area contributed by atoms with Gasteiger partial charge in [-0.2, -0.15) is 10.5 Å². The minimum absolute atomic E-state index is 0.0536. The predicted octanol–water partition coefficient (Wildman–Crippen LogP) is 1.59. The number of benzene rings is 1. The monoisotopic (exact) mass is 203 g/mol. The summed E-state index contributed by atoms with van der Waals surface area (Å²) in [6.07, 6.45) is 0. The molecule has 0 saturated heterocycles. The molecule has 0 saturated carbocycles. The second kappa shape index (κ2) is 5.36. The fourth-order valence-electron chi connectivity index (χ4n) is 0.909. The number of nitrogens with zero attached hydrogens (tertiary/aromatic N) is 3. The van der Waals surface area contributed by atoms with Crippen molar-refractivity contribution in [1.29, 1.82) is 10.5 Å². The molecule has 1 aromatic carbocycles. The highest BCUT2D eigenvalue weighted by molar-refractivity contribution is 6.11. The smallest absolute Gasteiger partial charge is 0.202 e. The summed E-state index contributed by atoms with van der Waals surface area (Å²) in [5.74, 6) is -0.557. The zero-order valence-corrected chi connectivity index (χ0v) is 7.64. The van der Waals surface area contributed by atoms with Crippen LogP contribution in [-0.4, -0.2) is 12.3 Å². The van der Waals surface area contributed by atoms with Crippen LogP contribution in [0.4, 0.5) is 4.39 Å². The highest BCUT2D eigenvalue weighted by Crippen LogP contribution is 2.07. The predicted molar refractivity (Wildman–Crippen MR) is 50.1 cm³/mol. The van der Waals surface area contributed by atoms with Crippen LogP contribution in [0.5, 0.6) is 0 Å². The first-order valence-electron chi connectivity index (χ1n) is 4.01. The van der Waals surface area contributed by atoms with Gasteiger partial charge in [0.05, 0.1) is 5.56 Å². The van der Waals surface area contributed by atoms with Crippen molar-refractivity contribution in [3.05, 3.63) is 35.6 Å². The summed E-state index contributed by atoms with van der Waals surface area (Å²) < 4.78 is 13.2. The molecule has 1 aromatic rings. The van der Waals surface area contributed by atoms with E-state index < -0.39 is 5.82 Å². The number of rotatable bonds is 3. The average Bonchev–Trinajstić information content (AvgIpc) is 2.26. The molecular weight excluding hydrogens is 197 g/mol. The summed E-state index contributed by atoms with van der Waals surface area (Å²) >= 11 is 0. The van der Waals surface area contributed by atoms with Crippen LogP contribution < -0.4 is 0 Å². The minimum atomic E-state index is -0.557. The first-order chi connectivity index (χ1) is 7.29. The maximum Gasteiger partial charge on any atom is 0.202 e. The summed E-state index contributed by atoms with van der Waals surface area (Å²) in [4.78, 5) is 4.48. The van der Waals surface area contributed by atoms with Crippen molar-refractivity contribution in [2.24, 2.45) is 5.16 Å². The third-order valence-electron chi connectivity index (χ3n) is 1.52. The normalized spacial score (nSPS) is 10.2. The fraction of sp³-hybridized carbons (Fsp3) is 0.100. The molecule has 1 rings (SSSR count). The van der Waals surface area contributed by atoms with Crippen LogP contribution in [0.25, 0.3) is 0 Å². The molecule has 0 spiro atoms. The molecule has 0 unspecified atom stereocenters. The van der Waals surface area contributed by atoms with Crippen molar-refractivity contribution in [1.82, 2.24) is 0 Å². The van der Waals surface area contributed by atoms with Crippen LogP contribution >= 0.6 is 0 Å². The van der Waals surface area contributed by atoms with Gasteiger partial charge in [-0.3, -0.25) is 0 Å². The van der Waals surface area contributed by atoms with Gasteiger partial charge in [0, 0.05) is 0 Å². The Balaban J connectivity index is 2.95. The molecule has 0 atom stereocenters. The molecule has 0 radical (unpaired) electrons. The third-order valence-corrected chi connectivity index (χ3v) is 1.52. The largest absolute Gasteiger partial charge is 0.379 e. The van der Waals surface area contributed by atoms with E-state index in [0.717, 1.165) is 0 Å². The standard InChI is InChI=1S/C10H6FN3O/c11-9-4-2-1-3-8(9)10(7-13)14-15-6-5-12/h1-4H,6H2. The Bertz CT molecular complexity index is 456. The molecule has 5 heteroatoms. The molecule has 0 heterocycles. The van der Waals surface area contributed by atoms with Crippen LogP contribution in [0.1, 0.15) is 5.56 Å². The van der Waals surface area contributed by atoms with Crippen molar-refractivity contribution >= 4 is 5.71 Å². The van der Waals surface area contributed by atoms with Crippen LogP contribution in [0, 0.1) is 28.5 Å². The molecule has 0 aliphatic carbocycles. The first kappa shape index (κ1) is 10.7. The van der Waals surface area contributed by atoms with E-state index in [1.165, 1.54) is 18.2 Å². The Morgan fingerprint density at radius 2 is 2.13 bits per heavy atom. The lowest BCUT2D eigenvalue weighted by Crippen LogP contribution is -2.02. The number of hydrogen-bond acceptors (Lipinski definition) is 4. The number of oxime groups is 1. The molecule has 0 N–H and O–H groups in total. The molecule has 0 fully saturated rings. The molecule has 0 aliphatic heterocycles. The molecular formula is C10H6FN3O. The summed E-state index contributed by atoms with van der Waals surface area (Å²) in [5.41, 5.74) is -0.138. The van der Waals surface area contributed by atoms with E-state index in [1.807, 2.05) is 0 Å². The van der Waals surface area contributed by atoms with Gasteiger partial charge in [0.1, 0.15) is 18.0 Å². The second-order valence-electron chi connectivity index (χ2n) is 2.46. The van der Waals surface area contributed by atoms with Crippen LogP contribution in [0.3, 0.4) is 0 Å². The Morgan fingerprint density at radius 3 is 2.73 bits per heavy atom. The molecule has 0 bridgehead atoms. The van der Waals surface area contributed by atoms with Crippen molar-refractivity contribution in [2.75, 3.05) is 6.61 Å². The van der Waals surface area contributed by atoms with Gasteiger partial charge in [0.2, 0.25) is 6.61 Å². The molecule has 0 aromatic heterocycles. The highest BCUT2D eigenvalue weighted by Gasteiger charge is 2.08. The maximum atomic E-state index is 13.2. The van der Waals surface area contributed by atoms with Crippen LogP contribution in [-0.2, 0) is 4.84 Å². The molecule has 4 nitrogen and oxygen atoms in total. The Hall–Kier alpha value is -2.40. The van der Waals surface area contributed by atoms with E-state index in [4.69, 9.17) is 10.5 Å². The van der Waals surface area contributed by atoms with Gasteiger partial charge < -0.3 is 4.84 Å². The molecule has 15 heavy (non-hydrogen) atoms. The van der Waals surface area contributed by atoms with Crippen molar-refractivity contribution in [3.8, 4) is 12.1 Å². The Labute approximate surface area is 85.8 Å². The van der Waals surface area contributed by atoms with E-state index in [0.29, 0.717) is 0 Å². The zero-order valence-electron chi connectivity index (χ0n) is 7.64. The number of halogens is 1. The van der Waals surface area contributed by atoms with Gasteiger partial charge in [-0.1, -0.05) is 17.3 Å². The van der Waals surface area contributed by atoms with Crippen molar-refractivity contribution in [2.45, 2.75) is 0 Å². The van der Waals surface area contributed by atoms with Gasteiger partial charge in [-0.15, -0.1) is 0 Å². The fourth-order valence-corrected chi connectivity index (χ4v) is 0.909. The second-order valence-corrected chi connectivity index (χ2v) is 2.46. The quantitative estimate of drug-likeness (QED) is 0.425. The summed E-state index contributed by atoms with van der Waals surface area (Å²) in [6, 6.07) is 9.08. The molecule has 0 aliphatic rings. The zero-order chi connectivity index (χ0) is 11.1. The topological polar surface area (TPSA) is 69.2 Å². The SMILES string of the molecule is N#CCON=C(C#N)c1ccccc1F. The van der Waals surface area contributed by atoms with Gasteiger partial charge in [-0.05, 0) is 12.1 Å². The van der Waals surface area contributed by atoms with Crippen molar-refractivity contribution < 1.29 is 9.23 Å². The van der Waals surface area contributed by atoms with Crippen molar-refractivity contribution in [3.63, 3.8) is 0 Å². The molecule has 0 amide bonds. The van der Waals surface area contributed by atoms with Crippen LogP contribution in [0.2, 0.25) is 0 Å². The number of nitriles is 2. The third kappa shape index (κ3) is 2.78. The Kier molecular flexibility index (Phi) is 3.81. The van der Waals surface area contributed by atoms with Gasteiger partial charge >= 0.3 is 0 Å². The van der Waals surface area contributed by atoms with Gasteiger partial charge in [0.25, 0.3) is 0 Å². The maximum absolute atomic E-state index is 13.2. The lowest BCUT2D eigenvalue weighted by atomic mass is 10.1. The van der Waals surface area contributed by atoms with E-state index in [9.17, 15) is 4.39 Å². The summed E-state index contributed by atoms with van der Waals surface area (Å²) in [7, 11) is 0. The van der Waals surface area contributed by atoms with E-state index in [2.05, 4.69) is 9.99 Å². The summed E-state index contributed by atoms with van der Waals surface area (Å²) in [6.45, 7) is -0.278. The van der Waals surface area contributed by atoms with Gasteiger partial charge in [-0.25, -0.2) is 4.39 Å². The Morgan fingerprint density at radius 1 is 1.40 bits per heavy atom. The summed E-state index contributed by atoms with van der Waals surface area (Å²) in [5, 5.41) is 20.2. The number of hydrogen-bond donors (Lipinski definition) is 0. The average molecular weight is 203 g/mol. The van der Waals surface area contributed by atoms with E-state index in [1.54, 1.807) is 18.2 Å². The first-order valence-corrected chi connectivity index (χ1v) is 4.01. The highest BCUT2D eigenvalue weighted by atomic mass is 19.1. The molecule has 74 valence electrons. The van der Waals surface area contributed by atoms with E-state index >= 15 is 0 Å². The van der Waals surface area contributed by atoms with Gasteiger partial charge in [0.15, 0.2) is 5.71 Å². The lowest BCUT2D eigenvalue weighted by Gasteiger charge is -1.98.